The first kappa shape index (κ1) is 11.7. The predicted octanol–water partition coefficient (Wildman–Crippen LogP) is 2.42. The van der Waals surface area contributed by atoms with Crippen molar-refractivity contribution in [3.63, 3.8) is 0 Å². The average Bonchev–Trinajstić information content (AvgIpc) is 2.27. The van der Waals surface area contributed by atoms with Gasteiger partial charge >= 0.3 is 0 Å². The fourth-order valence-electron chi connectivity index (χ4n) is 1.67. The van der Waals surface area contributed by atoms with E-state index < -0.39 is 11.9 Å². The Labute approximate surface area is 101 Å². The van der Waals surface area contributed by atoms with Gasteiger partial charge in [0.15, 0.2) is 11.5 Å². The first-order valence-electron chi connectivity index (χ1n) is 5.05. The third-order valence-corrected chi connectivity index (χ3v) is 2.70. The highest BCUT2D eigenvalue weighted by molar-refractivity contribution is 9.09. The number of aliphatic hydroxyl groups excluding tert-OH is 1. The topological polar surface area (TPSA) is 38.7 Å². The third kappa shape index (κ3) is 2.30. The molecule has 0 spiro atoms. The molecular weight excluding hydrogens is 279 g/mol. The van der Waals surface area contributed by atoms with Gasteiger partial charge in [0.2, 0.25) is 0 Å². The van der Waals surface area contributed by atoms with Gasteiger partial charge < -0.3 is 14.6 Å². The Hall–Kier alpha value is -0.810. The molecule has 0 bridgehead atoms. The summed E-state index contributed by atoms with van der Waals surface area (Å²) in [5.41, 5.74) is 0.468. The molecule has 1 aromatic carbocycles. The molecule has 3 nitrogen and oxygen atoms in total. The Morgan fingerprint density at radius 1 is 1.56 bits per heavy atom. The van der Waals surface area contributed by atoms with Crippen LogP contribution in [-0.2, 0) is 0 Å². The molecule has 1 N–H and O–H groups in total. The summed E-state index contributed by atoms with van der Waals surface area (Å²) in [6.07, 6.45) is -0.195. The number of fused-ring (bicyclic) bond motifs is 1. The molecule has 0 amide bonds. The molecule has 88 valence electrons. The van der Waals surface area contributed by atoms with Crippen molar-refractivity contribution in [3.8, 4) is 11.5 Å². The molecule has 0 saturated heterocycles. The van der Waals surface area contributed by atoms with E-state index in [1.165, 1.54) is 12.1 Å². The molecule has 5 heteroatoms. The van der Waals surface area contributed by atoms with Gasteiger partial charge in [-0.1, -0.05) is 15.9 Å². The van der Waals surface area contributed by atoms with E-state index >= 15 is 0 Å². The summed E-state index contributed by atoms with van der Waals surface area (Å²) in [5, 5.41) is 10.4. The van der Waals surface area contributed by atoms with Crippen molar-refractivity contribution in [1.29, 1.82) is 0 Å². The van der Waals surface area contributed by atoms with Crippen LogP contribution in [0.5, 0.6) is 11.5 Å². The molecule has 16 heavy (non-hydrogen) atoms. The zero-order valence-electron chi connectivity index (χ0n) is 8.58. The van der Waals surface area contributed by atoms with Gasteiger partial charge in [0.1, 0.15) is 5.82 Å². The maximum Gasteiger partial charge on any atom is 0.167 e. The van der Waals surface area contributed by atoms with Crippen molar-refractivity contribution in [1.82, 2.24) is 0 Å². The van der Waals surface area contributed by atoms with E-state index in [9.17, 15) is 9.50 Å². The van der Waals surface area contributed by atoms with E-state index in [1.54, 1.807) is 0 Å². The van der Waals surface area contributed by atoms with E-state index in [4.69, 9.17) is 9.47 Å². The average molecular weight is 291 g/mol. The molecule has 1 aliphatic heterocycles. The van der Waals surface area contributed by atoms with E-state index in [0.29, 0.717) is 42.0 Å². The van der Waals surface area contributed by atoms with Crippen LogP contribution in [0.25, 0.3) is 0 Å². The maximum atomic E-state index is 13.3. The van der Waals surface area contributed by atoms with Gasteiger partial charge in [-0.3, -0.25) is 0 Å². The van der Waals surface area contributed by atoms with Gasteiger partial charge in [-0.05, 0) is 6.07 Å². The minimum Gasteiger partial charge on any atom is -0.489 e. The predicted molar refractivity (Wildman–Crippen MR) is 60.8 cm³/mol. The van der Waals surface area contributed by atoms with Crippen LogP contribution in [0.1, 0.15) is 18.1 Å². The summed E-state index contributed by atoms with van der Waals surface area (Å²) in [5.74, 6) is 0.391. The number of benzene rings is 1. The first-order chi connectivity index (χ1) is 7.72. The summed E-state index contributed by atoms with van der Waals surface area (Å²) in [6.45, 7) is 0.847. The van der Waals surface area contributed by atoms with Crippen LogP contribution < -0.4 is 9.47 Å². The normalized spacial score (nSPS) is 18.8. The van der Waals surface area contributed by atoms with Crippen LogP contribution in [0.2, 0.25) is 0 Å². The summed E-state index contributed by atoms with van der Waals surface area (Å²) >= 11 is 3.22. The largest absolute Gasteiger partial charge is 0.489 e. The van der Waals surface area contributed by atoms with Gasteiger partial charge in [-0.25, -0.2) is 4.39 Å². The lowest BCUT2D eigenvalue weighted by atomic mass is 10.0. The lowest BCUT2D eigenvalue weighted by Gasteiger charge is -2.24. The van der Waals surface area contributed by atoms with Gasteiger partial charge in [0.25, 0.3) is 0 Å². The lowest BCUT2D eigenvalue weighted by Crippen LogP contribution is -2.15. The molecule has 0 saturated carbocycles. The number of ether oxygens (including phenoxy) is 2. The number of hydrogen-bond acceptors (Lipinski definition) is 3. The van der Waals surface area contributed by atoms with Crippen LogP contribution in [-0.4, -0.2) is 23.7 Å². The monoisotopic (exact) mass is 290 g/mol. The van der Waals surface area contributed by atoms with Crippen molar-refractivity contribution < 1.29 is 19.0 Å². The zero-order chi connectivity index (χ0) is 11.5. The first-order valence-corrected chi connectivity index (χ1v) is 6.17. The summed E-state index contributed by atoms with van der Waals surface area (Å²) < 4.78 is 24.1. The number of alkyl halides is 1. The fraction of sp³-hybridized carbons (Fsp3) is 0.455. The second-order valence-electron chi connectivity index (χ2n) is 3.51. The van der Waals surface area contributed by atoms with Crippen molar-refractivity contribution in [2.24, 2.45) is 0 Å². The molecule has 1 aliphatic rings. The van der Waals surface area contributed by atoms with E-state index in [2.05, 4.69) is 15.9 Å². The van der Waals surface area contributed by atoms with Gasteiger partial charge in [-0.15, -0.1) is 0 Å². The highest BCUT2D eigenvalue weighted by atomic mass is 79.9. The Balaban J connectivity index is 2.36. The Bertz CT molecular complexity index is 384. The SMILES string of the molecule is OC1CCOc2c(OCCBr)cc(F)cc21. The van der Waals surface area contributed by atoms with Crippen molar-refractivity contribution in [2.75, 3.05) is 18.5 Å². The minimum absolute atomic E-state index is 0.355. The van der Waals surface area contributed by atoms with Gasteiger partial charge in [0, 0.05) is 23.4 Å². The second kappa shape index (κ2) is 5.01. The Morgan fingerprint density at radius 3 is 3.12 bits per heavy atom. The second-order valence-corrected chi connectivity index (χ2v) is 4.31. The Kier molecular flexibility index (Phi) is 3.66. The molecule has 2 rings (SSSR count). The summed E-state index contributed by atoms with van der Waals surface area (Å²) in [7, 11) is 0. The van der Waals surface area contributed by atoms with Crippen molar-refractivity contribution in [3.05, 3.63) is 23.5 Å². The summed E-state index contributed by atoms with van der Waals surface area (Å²) in [6, 6.07) is 2.57. The Morgan fingerprint density at radius 2 is 2.38 bits per heavy atom. The van der Waals surface area contributed by atoms with Crippen molar-refractivity contribution >= 4 is 15.9 Å². The highest BCUT2D eigenvalue weighted by Gasteiger charge is 2.24. The fourth-order valence-corrected chi connectivity index (χ4v) is 1.84. The molecule has 0 fully saturated rings. The summed E-state index contributed by atoms with van der Waals surface area (Å²) in [4.78, 5) is 0. The third-order valence-electron chi connectivity index (χ3n) is 2.38. The quantitative estimate of drug-likeness (QED) is 0.869. The standard InChI is InChI=1S/C11H12BrFO3/c12-2-4-15-10-6-7(13)5-8-9(14)1-3-16-11(8)10/h5-6,9,14H,1-4H2. The van der Waals surface area contributed by atoms with Crippen molar-refractivity contribution in [2.45, 2.75) is 12.5 Å². The zero-order valence-corrected chi connectivity index (χ0v) is 10.2. The number of hydrogen-bond donors (Lipinski definition) is 1. The number of rotatable bonds is 3. The van der Waals surface area contributed by atoms with Crippen LogP contribution in [0.3, 0.4) is 0 Å². The molecule has 1 aromatic rings. The highest BCUT2D eigenvalue weighted by Crippen LogP contribution is 2.40. The number of halogens is 2. The van der Waals surface area contributed by atoms with Crippen LogP contribution >= 0.6 is 15.9 Å². The van der Waals surface area contributed by atoms with Crippen LogP contribution in [0.4, 0.5) is 4.39 Å². The van der Waals surface area contributed by atoms with E-state index in [1.807, 2.05) is 0 Å². The maximum absolute atomic E-state index is 13.3. The molecule has 0 aromatic heterocycles. The molecule has 0 radical (unpaired) electrons. The smallest absolute Gasteiger partial charge is 0.167 e. The lowest BCUT2D eigenvalue weighted by molar-refractivity contribution is 0.111. The minimum atomic E-state index is -0.675. The van der Waals surface area contributed by atoms with E-state index in [0.717, 1.165) is 0 Å². The van der Waals surface area contributed by atoms with Gasteiger partial charge in [0.05, 0.1) is 19.3 Å². The molecule has 1 heterocycles. The molecule has 1 atom stereocenters. The molecule has 1 unspecified atom stereocenters. The van der Waals surface area contributed by atoms with Crippen LogP contribution in [0, 0.1) is 5.82 Å². The molecular formula is C11H12BrFO3. The molecule has 0 aliphatic carbocycles. The number of aliphatic hydroxyl groups is 1. The van der Waals surface area contributed by atoms with Crippen LogP contribution in [0.15, 0.2) is 12.1 Å². The van der Waals surface area contributed by atoms with Gasteiger partial charge in [-0.2, -0.15) is 0 Å². The van der Waals surface area contributed by atoms with E-state index in [-0.39, 0.29) is 0 Å².